The molecule has 28 heavy (non-hydrogen) atoms. The summed E-state index contributed by atoms with van der Waals surface area (Å²) in [5.41, 5.74) is 1.48. The van der Waals surface area contributed by atoms with Crippen LogP contribution in [0, 0.1) is 5.82 Å². The monoisotopic (exact) mass is 391 g/mol. The minimum Gasteiger partial charge on any atom is -0.449 e. The van der Waals surface area contributed by atoms with Crippen molar-refractivity contribution in [1.29, 1.82) is 0 Å². The van der Waals surface area contributed by atoms with Crippen LogP contribution in [0.25, 0.3) is 11.0 Å². The number of aromatic nitrogens is 1. The van der Waals surface area contributed by atoms with Crippen molar-refractivity contribution in [3.05, 3.63) is 29.7 Å². The molecule has 1 aliphatic heterocycles. The average molecular weight is 391 g/mol. The molecule has 0 N–H and O–H groups in total. The van der Waals surface area contributed by atoms with Gasteiger partial charge in [0.25, 0.3) is 0 Å². The highest BCUT2D eigenvalue weighted by atomic mass is 19.1. The van der Waals surface area contributed by atoms with Crippen LogP contribution in [0.5, 0.6) is 0 Å². The van der Waals surface area contributed by atoms with E-state index in [-0.39, 0.29) is 11.9 Å². The molecule has 6 nitrogen and oxygen atoms in total. The molecule has 154 valence electrons. The lowest BCUT2D eigenvalue weighted by Gasteiger charge is -2.31. The quantitative estimate of drug-likeness (QED) is 0.624. The van der Waals surface area contributed by atoms with Crippen LogP contribution in [0.1, 0.15) is 51.1 Å². The van der Waals surface area contributed by atoms with Crippen LogP contribution >= 0.6 is 0 Å². The molecule has 0 spiro atoms. The number of nitrogens with zero attached hydrogens (tertiary/aromatic N) is 3. The van der Waals surface area contributed by atoms with Gasteiger partial charge in [-0.25, -0.2) is 9.18 Å². The van der Waals surface area contributed by atoms with Gasteiger partial charge in [-0.05, 0) is 71.3 Å². The molecule has 0 bridgehead atoms. The molecule has 0 aliphatic carbocycles. The normalized spacial score (nSPS) is 15.8. The van der Waals surface area contributed by atoms with Crippen molar-refractivity contribution < 1.29 is 18.4 Å². The number of carbonyl (C=O) groups excluding carboxylic acids is 1. The maximum Gasteiger partial charge on any atom is 0.409 e. The van der Waals surface area contributed by atoms with E-state index in [1.54, 1.807) is 11.0 Å². The molecule has 0 atom stereocenters. The van der Waals surface area contributed by atoms with E-state index < -0.39 is 0 Å². The molecule has 1 saturated heterocycles. The minimum atomic E-state index is -0.298. The van der Waals surface area contributed by atoms with Gasteiger partial charge < -0.3 is 19.1 Å². The molecular formula is C21H30FN3O3. The second-order valence-electron chi connectivity index (χ2n) is 7.32. The molecule has 1 aromatic heterocycles. The van der Waals surface area contributed by atoms with Gasteiger partial charge in [0, 0.05) is 30.5 Å². The second-order valence-corrected chi connectivity index (χ2v) is 7.32. The van der Waals surface area contributed by atoms with Crippen LogP contribution in [0.15, 0.2) is 22.7 Å². The number of unbranched alkanes of at least 4 members (excludes halogenated alkanes) is 1. The summed E-state index contributed by atoms with van der Waals surface area (Å²) in [5.74, 6) is 0.0609. The van der Waals surface area contributed by atoms with E-state index in [1.165, 1.54) is 12.1 Å². The van der Waals surface area contributed by atoms with Crippen LogP contribution in [0.4, 0.5) is 9.18 Å². The van der Waals surface area contributed by atoms with E-state index in [4.69, 9.17) is 9.26 Å². The standard InChI is InChI=1S/C21H30FN3O3/c1-3-25(4-2)21(26)27-14-6-5-11-24-12-9-16(10-13-24)20-18-8-7-17(22)15-19(18)28-23-20/h7-8,15-16H,3-6,9-14H2,1-2H3. The Kier molecular flexibility index (Phi) is 7.25. The van der Waals surface area contributed by atoms with Gasteiger partial charge in [-0.3, -0.25) is 0 Å². The first-order valence-electron chi connectivity index (χ1n) is 10.3. The summed E-state index contributed by atoms with van der Waals surface area (Å²) in [6.45, 7) is 8.79. The predicted molar refractivity (Wildman–Crippen MR) is 106 cm³/mol. The Balaban J connectivity index is 1.37. The fourth-order valence-corrected chi connectivity index (χ4v) is 3.83. The lowest BCUT2D eigenvalue weighted by atomic mass is 9.91. The summed E-state index contributed by atoms with van der Waals surface area (Å²) in [5, 5.41) is 5.13. The van der Waals surface area contributed by atoms with Crippen molar-refractivity contribution in [3.63, 3.8) is 0 Å². The largest absolute Gasteiger partial charge is 0.449 e. The predicted octanol–water partition coefficient (Wildman–Crippen LogP) is 4.40. The molecule has 2 heterocycles. The fourth-order valence-electron chi connectivity index (χ4n) is 3.83. The Hall–Kier alpha value is -2.15. The SMILES string of the molecule is CCN(CC)C(=O)OCCCCN1CCC(c2noc3cc(F)ccc23)CC1. The summed E-state index contributed by atoms with van der Waals surface area (Å²) in [4.78, 5) is 15.9. The third-order valence-corrected chi connectivity index (χ3v) is 5.55. The number of amides is 1. The first kappa shape index (κ1) is 20.6. The molecule has 0 radical (unpaired) electrons. The highest BCUT2D eigenvalue weighted by Crippen LogP contribution is 2.32. The summed E-state index contributed by atoms with van der Waals surface area (Å²) in [6.07, 6.45) is 3.73. The second kappa shape index (κ2) is 9.87. The molecule has 1 fully saturated rings. The molecule has 0 saturated carbocycles. The molecule has 1 aromatic carbocycles. The first-order chi connectivity index (χ1) is 13.6. The first-order valence-corrected chi connectivity index (χ1v) is 10.3. The van der Waals surface area contributed by atoms with Gasteiger partial charge in [0.15, 0.2) is 5.58 Å². The van der Waals surface area contributed by atoms with Gasteiger partial charge in [0.2, 0.25) is 0 Å². The Morgan fingerprint density at radius 1 is 1.29 bits per heavy atom. The minimum absolute atomic E-state index is 0.217. The smallest absolute Gasteiger partial charge is 0.409 e. The highest BCUT2D eigenvalue weighted by molar-refractivity contribution is 5.79. The number of rotatable bonds is 8. The third kappa shape index (κ3) is 5.01. The fraction of sp³-hybridized carbons (Fsp3) is 0.619. The number of hydrogen-bond donors (Lipinski definition) is 0. The number of hydrogen-bond acceptors (Lipinski definition) is 5. The lowest BCUT2D eigenvalue weighted by Crippen LogP contribution is -2.34. The zero-order valence-electron chi connectivity index (χ0n) is 16.8. The summed E-state index contributed by atoms with van der Waals surface area (Å²) in [6, 6.07) is 4.63. The van der Waals surface area contributed by atoms with Crippen molar-refractivity contribution >= 4 is 17.1 Å². The number of piperidine rings is 1. The number of carbonyl (C=O) groups is 1. The molecule has 1 aliphatic rings. The van der Waals surface area contributed by atoms with Crippen LogP contribution in [-0.4, -0.2) is 60.4 Å². The van der Waals surface area contributed by atoms with E-state index >= 15 is 0 Å². The van der Waals surface area contributed by atoms with E-state index in [0.717, 1.165) is 56.4 Å². The Morgan fingerprint density at radius 3 is 2.75 bits per heavy atom. The average Bonchev–Trinajstić information content (AvgIpc) is 3.12. The van der Waals surface area contributed by atoms with E-state index in [2.05, 4.69) is 10.1 Å². The van der Waals surface area contributed by atoms with Crippen LogP contribution in [0.3, 0.4) is 0 Å². The van der Waals surface area contributed by atoms with Crippen molar-refractivity contribution in [2.24, 2.45) is 0 Å². The molecule has 7 heteroatoms. The summed E-state index contributed by atoms with van der Waals surface area (Å²) >= 11 is 0. The molecule has 1 amide bonds. The maximum absolute atomic E-state index is 13.3. The number of likely N-dealkylation sites (tertiary alicyclic amines) is 1. The van der Waals surface area contributed by atoms with Crippen LogP contribution in [0.2, 0.25) is 0 Å². The highest BCUT2D eigenvalue weighted by Gasteiger charge is 2.25. The van der Waals surface area contributed by atoms with Gasteiger partial charge in [-0.15, -0.1) is 0 Å². The number of ether oxygens (including phenoxy) is 1. The number of fused-ring (bicyclic) bond motifs is 1. The molecule has 2 aromatic rings. The van der Waals surface area contributed by atoms with E-state index in [0.29, 0.717) is 31.2 Å². The van der Waals surface area contributed by atoms with Gasteiger partial charge in [-0.1, -0.05) is 5.16 Å². The van der Waals surface area contributed by atoms with E-state index in [1.807, 2.05) is 13.8 Å². The Morgan fingerprint density at radius 2 is 2.04 bits per heavy atom. The van der Waals surface area contributed by atoms with Gasteiger partial charge in [-0.2, -0.15) is 0 Å². The van der Waals surface area contributed by atoms with Crippen LogP contribution < -0.4 is 0 Å². The van der Waals surface area contributed by atoms with Crippen molar-refractivity contribution in [3.8, 4) is 0 Å². The third-order valence-electron chi connectivity index (χ3n) is 5.55. The number of benzene rings is 1. The van der Waals surface area contributed by atoms with Crippen molar-refractivity contribution in [2.45, 2.75) is 45.4 Å². The molecular weight excluding hydrogens is 361 g/mol. The topological polar surface area (TPSA) is 58.8 Å². The zero-order valence-corrected chi connectivity index (χ0v) is 16.8. The van der Waals surface area contributed by atoms with Gasteiger partial charge in [0.05, 0.1) is 12.3 Å². The van der Waals surface area contributed by atoms with Gasteiger partial charge >= 0.3 is 6.09 Å². The van der Waals surface area contributed by atoms with Crippen LogP contribution in [-0.2, 0) is 4.74 Å². The molecule has 0 unspecified atom stereocenters. The van der Waals surface area contributed by atoms with Gasteiger partial charge in [0.1, 0.15) is 5.82 Å². The Labute approximate surface area is 165 Å². The molecule has 3 rings (SSSR count). The maximum atomic E-state index is 13.3. The summed E-state index contributed by atoms with van der Waals surface area (Å²) in [7, 11) is 0. The van der Waals surface area contributed by atoms with Crippen molar-refractivity contribution in [1.82, 2.24) is 15.0 Å². The zero-order chi connectivity index (χ0) is 19.9. The Bertz CT molecular complexity index is 767. The summed E-state index contributed by atoms with van der Waals surface area (Å²) < 4.78 is 23.9. The lowest BCUT2D eigenvalue weighted by molar-refractivity contribution is 0.103. The van der Waals surface area contributed by atoms with Crippen molar-refractivity contribution in [2.75, 3.05) is 39.3 Å². The number of halogens is 1. The van der Waals surface area contributed by atoms with E-state index in [9.17, 15) is 9.18 Å².